The molecule has 0 aromatic rings. The van der Waals surface area contributed by atoms with E-state index < -0.39 is 5.54 Å². The zero-order valence-electron chi connectivity index (χ0n) is 12.2. The summed E-state index contributed by atoms with van der Waals surface area (Å²) in [4.78, 5) is 24.4. The smallest absolute Gasteiger partial charge is 0.276 e. The summed E-state index contributed by atoms with van der Waals surface area (Å²) >= 11 is 0. The Kier molecular flexibility index (Phi) is 4.29. The highest BCUT2D eigenvalue weighted by molar-refractivity contribution is 5.80. The SMILES string of the molecule is C[NH+](CC(=O)NC1CC1)CC(=O)N[C@@](C)(C#N)C1CC1. The van der Waals surface area contributed by atoms with Crippen molar-refractivity contribution in [2.45, 2.75) is 44.2 Å². The molecule has 2 atom stereocenters. The van der Waals surface area contributed by atoms with Crippen LogP contribution in [0.2, 0.25) is 0 Å². The topological polar surface area (TPSA) is 86.4 Å². The Bertz CT molecular complexity index is 437. The number of hydrogen-bond donors (Lipinski definition) is 3. The highest BCUT2D eigenvalue weighted by Gasteiger charge is 2.43. The van der Waals surface area contributed by atoms with Crippen molar-refractivity contribution < 1.29 is 14.5 Å². The quantitative estimate of drug-likeness (QED) is 0.535. The van der Waals surface area contributed by atoms with Gasteiger partial charge in [-0.25, -0.2) is 0 Å². The molecule has 0 radical (unpaired) electrons. The van der Waals surface area contributed by atoms with Crippen molar-refractivity contribution in [3.8, 4) is 6.07 Å². The first-order valence-electron chi connectivity index (χ1n) is 7.26. The van der Waals surface area contributed by atoms with Crippen LogP contribution in [0, 0.1) is 17.2 Å². The number of carbonyl (C=O) groups is 2. The second-order valence-corrected chi connectivity index (χ2v) is 6.29. The molecule has 0 heterocycles. The summed E-state index contributed by atoms with van der Waals surface area (Å²) in [5.74, 6) is 0.0932. The molecule has 0 saturated heterocycles. The van der Waals surface area contributed by atoms with Gasteiger partial charge in [-0.2, -0.15) is 5.26 Å². The molecule has 2 rings (SSSR count). The maximum atomic E-state index is 12.0. The van der Waals surface area contributed by atoms with Crippen LogP contribution in [0.5, 0.6) is 0 Å². The second-order valence-electron chi connectivity index (χ2n) is 6.29. The fraction of sp³-hybridized carbons (Fsp3) is 0.786. The van der Waals surface area contributed by atoms with E-state index in [1.165, 1.54) is 0 Å². The largest absolute Gasteiger partial charge is 0.348 e. The van der Waals surface area contributed by atoms with E-state index in [1.807, 2.05) is 7.05 Å². The van der Waals surface area contributed by atoms with Crippen molar-refractivity contribution in [1.82, 2.24) is 10.6 Å². The Morgan fingerprint density at radius 3 is 2.35 bits per heavy atom. The van der Waals surface area contributed by atoms with Gasteiger partial charge < -0.3 is 15.5 Å². The molecule has 0 spiro atoms. The summed E-state index contributed by atoms with van der Waals surface area (Å²) < 4.78 is 0. The third-order valence-electron chi connectivity index (χ3n) is 3.89. The fourth-order valence-corrected chi connectivity index (χ4v) is 2.33. The second kappa shape index (κ2) is 5.80. The highest BCUT2D eigenvalue weighted by Crippen LogP contribution is 2.39. The van der Waals surface area contributed by atoms with E-state index in [1.54, 1.807) is 6.92 Å². The zero-order chi connectivity index (χ0) is 14.8. The molecule has 2 fully saturated rings. The van der Waals surface area contributed by atoms with Crippen molar-refractivity contribution in [2.75, 3.05) is 20.1 Å². The van der Waals surface area contributed by atoms with Crippen molar-refractivity contribution in [1.29, 1.82) is 5.26 Å². The predicted octanol–water partition coefficient (Wildman–Crippen LogP) is -1.41. The molecule has 2 amide bonds. The molecule has 2 aliphatic rings. The first-order chi connectivity index (χ1) is 9.43. The van der Waals surface area contributed by atoms with Gasteiger partial charge in [-0.1, -0.05) is 0 Å². The minimum atomic E-state index is -0.756. The zero-order valence-corrected chi connectivity index (χ0v) is 12.2. The van der Waals surface area contributed by atoms with E-state index in [9.17, 15) is 14.9 Å². The lowest BCUT2D eigenvalue weighted by molar-refractivity contribution is -0.862. The van der Waals surface area contributed by atoms with Gasteiger partial charge in [-0.05, 0) is 38.5 Å². The first-order valence-corrected chi connectivity index (χ1v) is 7.26. The summed E-state index contributed by atoms with van der Waals surface area (Å²) in [6.07, 6.45) is 4.12. The Balaban J connectivity index is 1.72. The van der Waals surface area contributed by atoms with E-state index in [0.717, 1.165) is 30.6 Å². The Morgan fingerprint density at radius 1 is 1.25 bits per heavy atom. The van der Waals surface area contributed by atoms with Crippen LogP contribution in [0.1, 0.15) is 32.6 Å². The third kappa shape index (κ3) is 4.20. The van der Waals surface area contributed by atoms with Crippen LogP contribution in [0.15, 0.2) is 0 Å². The van der Waals surface area contributed by atoms with Crippen LogP contribution < -0.4 is 15.5 Å². The van der Waals surface area contributed by atoms with E-state index in [0.29, 0.717) is 6.04 Å². The van der Waals surface area contributed by atoms with Crippen molar-refractivity contribution in [3.63, 3.8) is 0 Å². The average Bonchev–Trinajstić information content (AvgIpc) is 3.21. The van der Waals surface area contributed by atoms with Gasteiger partial charge in [-0.3, -0.25) is 9.59 Å². The maximum absolute atomic E-state index is 12.0. The number of nitriles is 1. The minimum Gasteiger partial charge on any atom is -0.348 e. The molecule has 0 aromatic heterocycles. The van der Waals surface area contributed by atoms with Gasteiger partial charge in [0.15, 0.2) is 13.1 Å². The number of nitrogens with one attached hydrogen (secondary N) is 3. The molecule has 2 saturated carbocycles. The molecule has 110 valence electrons. The van der Waals surface area contributed by atoms with E-state index in [-0.39, 0.29) is 30.8 Å². The highest BCUT2D eigenvalue weighted by atomic mass is 16.2. The maximum Gasteiger partial charge on any atom is 0.276 e. The lowest BCUT2D eigenvalue weighted by Gasteiger charge is -2.23. The number of quaternary nitrogens is 1. The summed E-state index contributed by atoms with van der Waals surface area (Å²) in [5.41, 5.74) is -0.756. The first kappa shape index (κ1) is 14.8. The average molecular weight is 279 g/mol. The van der Waals surface area contributed by atoms with Gasteiger partial charge in [0.25, 0.3) is 11.8 Å². The number of rotatable bonds is 7. The molecule has 0 bridgehead atoms. The van der Waals surface area contributed by atoms with Gasteiger partial charge in [0.2, 0.25) is 0 Å². The Hall–Kier alpha value is -1.61. The molecule has 20 heavy (non-hydrogen) atoms. The lowest BCUT2D eigenvalue weighted by atomic mass is 9.98. The van der Waals surface area contributed by atoms with Crippen LogP contribution >= 0.6 is 0 Å². The van der Waals surface area contributed by atoms with Crippen molar-refractivity contribution in [2.24, 2.45) is 5.92 Å². The van der Waals surface area contributed by atoms with Gasteiger partial charge in [0.1, 0.15) is 5.54 Å². The third-order valence-corrected chi connectivity index (χ3v) is 3.89. The predicted molar refractivity (Wildman–Crippen MR) is 72.7 cm³/mol. The Morgan fingerprint density at radius 2 is 1.85 bits per heavy atom. The van der Waals surface area contributed by atoms with Gasteiger partial charge in [0.05, 0.1) is 13.1 Å². The molecule has 6 heteroatoms. The van der Waals surface area contributed by atoms with Crippen molar-refractivity contribution >= 4 is 11.8 Å². The summed E-state index contributed by atoms with van der Waals surface area (Å²) in [6, 6.07) is 2.55. The fourth-order valence-electron chi connectivity index (χ4n) is 2.33. The molecule has 2 aliphatic carbocycles. The number of likely N-dealkylation sites (N-methyl/N-ethyl adjacent to an activating group) is 1. The van der Waals surface area contributed by atoms with Gasteiger partial charge >= 0.3 is 0 Å². The van der Waals surface area contributed by atoms with Crippen LogP contribution in [-0.4, -0.2) is 43.5 Å². The van der Waals surface area contributed by atoms with E-state index >= 15 is 0 Å². The summed E-state index contributed by atoms with van der Waals surface area (Å²) in [6.45, 7) is 2.27. The normalized spacial score (nSPS) is 22.2. The molecule has 3 N–H and O–H groups in total. The van der Waals surface area contributed by atoms with Crippen LogP contribution in [0.3, 0.4) is 0 Å². The van der Waals surface area contributed by atoms with Gasteiger partial charge in [0, 0.05) is 6.04 Å². The van der Waals surface area contributed by atoms with Crippen LogP contribution in [0.4, 0.5) is 0 Å². The van der Waals surface area contributed by atoms with Crippen LogP contribution in [0.25, 0.3) is 0 Å². The van der Waals surface area contributed by atoms with Crippen molar-refractivity contribution in [3.05, 3.63) is 0 Å². The van der Waals surface area contributed by atoms with E-state index in [4.69, 9.17) is 0 Å². The number of nitrogens with zero attached hydrogens (tertiary/aromatic N) is 1. The standard InChI is InChI=1S/C14H22N4O2/c1-14(9-15,10-3-4-10)17-13(20)8-18(2)7-12(19)16-11-5-6-11/h10-11H,3-8H2,1-2H3,(H,16,19)(H,17,20)/p+1/t14-/m0/s1. The van der Waals surface area contributed by atoms with Gasteiger partial charge in [-0.15, -0.1) is 0 Å². The molecule has 6 nitrogen and oxygen atoms in total. The molecular weight excluding hydrogens is 256 g/mol. The van der Waals surface area contributed by atoms with E-state index in [2.05, 4.69) is 16.7 Å². The molecular formula is C14H23N4O2+. The number of carbonyl (C=O) groups excluding carboxylic acids is 2. The lowest BCUT2D eigenvalue weighted by Crippen LogP contribution is -3.11. The van der Waals surface area contributed by atoms with Crippen LogP contribution in [-0.2, 0) is 9.59 Å². The Labute approximate surface area is 119 Å². The molecule has 0 aromatic carbocycles. The summed E-state index contributed by atoms with van der Waals surface area (Å²) in [5, 5.41) is 14.9. The number of hydrogen-bond acceptors (Lipinski definition) is 3. The summed E-state index contributed by atoms with van der Waals surface area (Å²) in [7, 11) is 1.81. The number of amides is 2. The minimum absolute atomic E-state index is 0.0111. The molecule has 1 unspecified atom stereocenters. The monoisotopic (exact) mass is 279 g/mol. The molecule has 0 aliphatic heterocycles.